The van der Waals surface area contributed by atoms with Crippen molar-refractivity contribution in [2.24, 2.45) is 0 Å². The molecule has 110 valence electrons. The van der Waals surface area contributed by atoms with E-state index >= 15 is 0 Å². The van der Waals surface area contributed by atoms with Gasteiger partial charge in [-0.1, -0.05) is 30.3 Å². The molecule has 1 unspecified atom stereocenters. The lowest BCUT2D eigenvalue weighted by molar-refractivity contribution is -0.137. The lowest BCUT2D eigenvalue weighted by atomic mass is 9.92. The zero-order chi connectivity index (χ0) is 15.1. The van der Waals surface area contributed by atoms with Gasteiger partial charge in [0.1, 0.15) is 5.76 Å². The summed E-state index contributed by atoms with van der Waals surface area (Å²) in [5.41, 5.74) is 0.855. The van der Waals surface area contributed by atoms with Crippen LogP contribution >= 0.6 is 0 Å². The number of rotatable bonds is 7. The van der Waals surface area contributed by atoms with Crippen LogP contribution < -0.4 is 5.32 Å². The number of nitrogens with one attached hydrogen (secondary N) is 1. The molecule has 1 atom stereocenters. The zero-order valence-electron chi connectivity index (χ0n) is 11.5. The first-order valence-electron chi connectivity index (χ1n) is 6.71. The minimum atomic E-state index is -0.914. The Bertz CT molecular complexity index is 578. The summed E-state index contributed by atoms with van der Waals surface area (Å²) in [6.07, 6.45) is 1.61. The van der Waals surface area contributed by atoms with E-state index in [-0.39, 0.29) is 24.7 Å². The number of carboxylic acid groups (broad SMARTS) is 1. The Morgan fingerprint density at radius 1 is 1.10 bits per heavy atom. The molecule has 1 heterocycles. The molecule has 0 aliphatic heterocycles. The maximum atomic E-state index is 12.0. The predicted molar refractivity (Wildman–Crippen MR) is 76.6 cm³/mol. The monoisotopic (exact) mass is 287 g/mol. The lowest BCUT2D eigenvalue weighted by Gasteiger charge is -2.15. The molecule has 0 aliphatic rings. The Morgan fingerprint density at radius 2 is 1.86 bits per heavy atom. The van der Waals surface area contributed by atoms with Crippen molar-refractivity contribution in [1.82, 2.24) is 5.32 Å². The third kappa shape index (κ3) is 4.80. The van der Waals surface area contributed by atoms with Gasteiger partial charge in [0, 0.05) is 12.3 Å². The number of amides is 1. The van der Waals surface area contributed by atoms with Crippen LogP contribution in [0.1, 0.15) is 30.1 Å². The molecule has 5 nitrogen and oxygen atoms in total. The Balaban J connectivity index is 1.94. The summed E-state index contributed by atoms with van der Waals surface area (Å²) in [7, 11) is 0. The van der Waals surface area contributed by atoms with Gasteiger partial charge in [-0.3, -0.25) is 9.59 Å². The standard InChI is InChI=1S/C16H17NO4/c18-15(17-11-14-7-4-8-21-14)9-13(10-16(19)20)12-5-2-1-3-6-12/h1-8,13H,9-11H2,(H,17,18)(H,19,20). The van der Waals surface area contributed by atoms with Gasteiger partial charge in [-0.25, -0.2) is 0 Å². The van der Waals surface area contributed by atoms with Crippen LogP contribution in [-0.4, -0.2) is 17.0 Å². The summed E-state index contributed by atoms with van der Waals surface area (Å²) in [4.78, 5) is 22.9. The molecule has 2 N–H and O–H groups in total. The summed E-state index contributed by atoms with van der Waals surface area (Å²) >= 11 is 0. The van der Waals surface area contributed by atoms with E-state index in [1.54, 1.807) is 18.4 Å². The van der Waals surface area contributed by atoms with Gasteiger partial charge in [-0.15, -0.1) is 0 Å². The van der Waals surface area contributed by atoms with E-state index in [1.165, 1.54) is 0 Å². The van der Waals surface area contributed by atoms with Gasteiger partial charge in [0.2, 0.25) is 5.91 Å². The molecule has 2 aromatic rings. The average molecular weight is 287 g/mol. The predicted octanol–water partition coefficient (Wildman–Crippen LogP) is 2.54. The van der Waals surface area contributed by atoms with Crippen LogP contribution in [0.15, 0.2) is 53.1 Å². The molecule has 1 aromatic carbocycles. The molecule has 0 fully saturated rings. The van der Waals surface area contributed by atoms with Gasteiger partial charge in [-0.2, -0.15) is 0 Å². The topological polar surface area (TPSA) is 79.5 Å². The van der Waals surface area contributed by atoms with Gasteiger partial charge in [-0.05, 0) is 17.7 Å². The van der Waals surface area contributed by atoms with Gasteiger partial charge in [0.05, 0.1) is 19.2 Å². The second-order valence-corrected chi connectivity index (χ2v) is 4.77. The van der Waals surface area contributed by atoms with Crippen molar-refractivity contribution in [2.45, 2.75) is 25.3 Å². The highest BCUT2D eigenvalue weighted by molar-refractivity contribution is 5.78. The molecular weight excluding hydrogens is 270 g/mol. The van der Waals surface area contributed by atoms with Gasteiger partial charge in [0.15, 0.2) is 0 Å². The molecule has 1 amide bonds. The molecule has 0 radical (unpaired) electrons. The number of hydrogen-bond acceptors (Lipinski definition) is 3. The quantitative estimate of drug-likeness (QED) is 0.820. The Morgan fingerprint density at radius 3 is 2.48 bits per heavy atom. The molecule has 0 aliphatic carbocycles. The Kier molecular flexibility index (Phi) is 5.15. The first-order chi connectivity index (χ1) is 10.1. The number of aliphatic carboxylic acids is 1. The largest absolute Gasteiger partial charge is 0.481 e. The molecule has 0 spiro atoms. The molecule has 1 aromatic heterocycles. The van der Waals surface area contributed by atoms with Crippen molar-refractivity contribution in [3.05, 3.63) is 60.1 Å². The number of carboxylic acids is 1. The van der Waals surface area contributed by atoms with E-state index < -0.39 is 5.97 Å². The first kappa shape index (κ1) is 14.8. The molecule has 0 bridgehead atoms. The summed E-state index contributed by atoms with van der Waals surface area (Å²) in [5.74, 6) is -0.776. The molecule has 5 heteroatoms. The van der Waals surface area contributed by atoms with Crippen molar-refractivity contribution >= 4 is 11.9 Å². The van der Waals surface area contributed by atoms with Crippen LogP contribution in [0.5, 0.6) is 0 Å². The van der Waals surface area contributed by atoms with Crippen molar-refractivity contribution in [3.8, 4) is 0 Å². The summed E-state index contributed by atoms with van der Waals surface area (Å²) in [6, 6.07) is 12.7. The van der Waals surface area contributed by atoms with E-state index in [0.29, 0.717) is 12.3 Å². The molecule has 0 saturated carbocycles. The third-order valence-corrected chi connectivity index (χ3v) is 3.16. The number of carbonyl (C=O) groups is 2. The fourth-order valence-corrected chi connectivity index (χ4v) is 2.14. The minimum Gasteiger partial charge on any atom is -0.481 e. The molecule has 2 rings (SSSR count). The van der Waals surface area contributed by atoms with E-state index in [9.17, 15) is 9.59 Å². The van der Waals surface area contributed by atoms with Gasteiger partial charge < -0.3 is 14.8 Å². The normalized spacial score (nSPS) is 11.8. The highest BCUT2D eigenvalue weighted by Crippen LogP contribution is 2.23. The van der Waals surface area contributed by atoms with Crippen molar-refractivity contribution < 1.29 is 19.1 Å². The average Bonchev–Trinajstić information content (AvgIpc) is 2.98. The lowest BCUT2D eigenvalue weighted by Crippen LogP contribution is -2.25. The third-order valence-electron chi connectivity index (χ3n) is 3.16. The van der Waals surface area contributed by atoms with Crippen LogP contribution in [0.4, 0.5) is 0 Å². The number of carbonyl (C=O) groups excluding carboxylic acids is 1. The van der Waals surface area contributed by atoms with Crippen molar-refractivity contribution in [1.29, 1.82) is 0 Å². The smallest absolute Gasteiger partial charge is 0.303 e. The van der Waals surface area contributed by atoms with Gasteiger partial charge >= 0.3 is 5.97 Å². The van der Waals surface area contributed by atoms with Crippen LogP contribution in [0.2, 0.25) is 0 Å². The van der Waals surface area contributed by atoms with Crippen LogP contribution in [0.3, 0.4) is 0 Å². The SMILES string of the molecule is O=C(O)CC(CC(=O)NCc1ccco1)c1ccccc1. The van der Waals surface area contributed by atoms with E-state index in [2.05, 4.69) is 5.32 Å². The summed E-state index contributed by atoms with van der Waals surface area (Å²) in [5, 5.41) is 11.7. The Hall–Kier alpha value is -2.56. The van der Waals surface area contributed by atoms with Crippen molar-refractivity contribution in [3.63, 3.8) is 0 Å². The second-order valence-electron chi connectivity index (χ2n) is 4.77. The van der Waals surface area contributed by atoms with E-state index in [1.807, 2.05) is 30.3 Å². The molecule has 21 heavy (non-hydrogen) atoms. The van der Waals surface area contributed by atoms with Gasteiger partial charge in [0.25, 0.3) is 0 Å². The minimum absolute atomic E-state index is 0.0712. The van der Waals surface area contributed by atoms with E-state index in [0.717, 1.165) is 5.56 Å². The van der Waals surface area contributed by atoms with E-state index in [4.69, 9.17) is 9.52 Å². The second kappa shape index (κ2) is 7.28. The summed E-state index contributed by atoms with van der Waals surface area (Å²) in [6.45, 7) is 0.306. The van der Waals surface area contributed by atoms with Crippen LogP contribution in [0, 0.1) is 0 Å². The number of furan rings is 1. The van der Waals surface area contributed by atoms with Crippen molar-refractivity contribution in [2.75, 3.05) is 0 Å². The zero-order valence-corrected chi connectivity index (χ0v) is 11.5. The summed E-state index contributed by atoms with van der Waals surface area (Å²) < 4.78 is 5.13. The maximum absolute atomic E-state index is 12.0. The number of benzene rings is 1. The highest BCUT2D eigenvalue weighted by Gasteiger charge is 2.19. The number of hydrogen-bond donors (Lipinski definition) is 2. The Labute approximate surface area is 122 Å². The van der Waals surface area contributed by atoms with Crippen LogP contribution in [0.25, 0.3) is 0 Å². The first-order valence-corrected chi connectivity index (χ1v) is 6.71. The maximum Gasteiger partial charge on any atom is 0.303 e. The fourth-order valence-electron chi connectivity index (χ4n) is 2.14. The molecule has 0 saturated heterocycles. The fraction of sp³-hybridized carbons (Fsp3) is 0.250. The highest BCUT2D eigenvalue weighted by atomic mass is 16.4. The molecular formula is C16H17NO4. The van der Waals surface area contributed by atoms with Crippen LogP contribution in [-0.2, 0) is 16.1 Å².